The quantitative estimate of drug-likeness (QED) is 0.823. The minimum absolute atomic E-state index is 0.0191. The third-order valence-corrected chi connectivity index (χ3v) is 4.57. The Hall–Kier alpha value is -2.42. The predicted octanol–water partition coefficient (Wildman–Crippen LogP) is 3.88. The van der Waals surface area contributed by atoms with Crippen LogP contribution in [0.15, 0.2) is 54.6 Å². The highest BCUT2D eigenvalue weighted by atomic mass is 16.2. The lowest BCUT2D eigenvalue weighted by atomic mass is 9.72. The molecule has 0 spiro atoms. The molecule has 1 atom stereocenters. The molecule has 3 rings (SSSR count). The van der Waals surface area contributed by atoms with Gasteiger partial charge in [-0.3, -0.25) is 9.59 Å². The average molecular weight is 307 g/mol. The van der Waals surface area contributed by atoms with Crippen LogP contribution in [0.1, 0.15) is 37.3 Å². The van der Waals surface area contributed by atoms with Crippen LogP contribution in [0.5, 0.6) is 0 Å². The van der Waals surface area contributed by atoms with Crippen molar-refractivity contribution < 1.29 is 9.59 Å². The van der Waals surface area contributed by atoms with E-state index in [1.165, 1.54) is 0 Å². The minimum atomic E-state index is -1.09. The van der Waals surface area contributed by atoms with Gasteiger partial charge in [-0.15, -0.1) is 0 Å². The Morgan fingerprint density at radius 3 is 2.48 bits per heavy atom. The van der Waals surface area contributed by atoms with Crippen LogP contribution < -0.4 is 5.32 Å². The first kappa shape index (κ1) is 15.5. The topological polar surface area (TPSA) is 46.2 Å². The Labute approximate surface area is 136 Å². The number of amides is 1. The second kappa shape index (κ2) is 6.37. The Bertz CT molecular complexity index is 723. The second-order valence-corrected chi connectivity index (χ2v) is 6.09. The molecule has 1 amide bonds. The SMILES string of the molecule is CCCCC(=O)C1(Cc2ccccc2)C(=O)Nc2ccccc21. The molecule has 0 aliphatic carbocycles. The van der Waals surface area contributed by atoms with E-state index in [0.717, 1.165) is 29.7 Å². The van der Waals surface area contributed by atoms with Crippen LogP contribution in [0.3, 0.4) is 0 Å². The number of benzene rings is 2. The second-order valence-electron chi connectivity index (χ2n) is 6.09. The molecule has 0 fully saturated rings. The van der Waals surface area contributed by atoms with E-state index >= 15 is 0 Å². The smallest absolute Gasteiger partial charge is 0.243 e. The van der Waals surface area contributed by atoms with Crippen LogP contribution in [-0.2, 0) is 21.4 Å². The van der Waals surface area contributed by atoms with Crippen LogP contribution in [0, 0.1) is 0 Å². The molecular formula is C20H21NO2. The van der Waals surface area contributed by atoms with Gasteiger partial charge in [0.25, 0.3) is 0 Å². The molecule has 2 aromatic rings. The van der Waals surface area contributed by atoms with Gasteiger partial charge in [0.2, 0.25) is 5.91 Å². The number of Topliss-reactive ketones (excluding diaryl/α,β-unsaturated/α-hetero) is 1. The van der Waals surface area contributed by atoms with E-state index in [1.54, 1.807) is 0 Å². The van der Waals surface area contributed by atoms with Crippen LogP contribution >= 0.6 is 0 Å². The summed E-state index contributed by atoms with van der Waals surface area (Å²) in [6, 6.07) is 17.3. The molecular weight excluding hydrogens is 286 g/mol. The summed E-state index contributed by atoms with van der Waals surface area (Å²) in [4.78, 5) is 25.9. The number of rotatable bonds is 6. The number of nitrogens with one attached hydrogen (secondary N) is 1. The number of hydrogen-bond acceptors (Lipinski definition) is 2. The van der Waals surface area contributed by atoms with Crippen LogP contribution in [0.4, 0.5) is 5.69 Å². The van der Waals surface area contributed by atoms with E-state index in [9.17, 15) is 9.59 Å². The minimum Gasteiger partial charge on any atom is -0.325 e. The van der Waals surface area contributed by atoms with Crippen LogP contribution in [-0.4, -0.2) is 11.7 Å². The van der Waals surface area contributed by atoms with E-state index in [1.807, 2.05) is 54.6 Å². The lowest BCUT2D eigenvalue weighted by Gasteiger charge is -2.26. The van der Waals surface area contributed by atoms with E-state index in [0.29, 0.717) is 12.8 Å². The molecule has 1 heterocycles. The Kier molecular flexibility index (Phi) is 4.28. The summed E-state index contributed by atoms with van der Waals surface area (Å²) in [5, 5.41) is 2.91. The maximum absolute atomic E-state index is 13.0. The first-order valence-electron chi connectivity index (χ1n) is 8.16. The number of carbonyl (C=O) groups excluding carboxylic acids is 2. The van der Waals surface area contributed by atoms with Crippen molar-refractivity contribution in [3.05, 3.63) is 65.7 Å². The fourth-order valence-corrected chi connectivity index (χ4v) is 3.32. The van der Waals surface area contributed by atoms with Crippen molar-refractivity contribution in [3.63, 3.8) is 0 Å². The third kappa shape index (κ3) is 2.67. The van der Waals surface area contributed by atoms with Gasteiger partial charge >= 0.3 is 0 Å². The number of anilines is 1. The van der Waals surface area contributed by atoms with Crippen LogP contribution in [0.25, 0.3) is 0 Å². The summed E-state index contributed by atoms with van der Waals surface area (Å²) in [6.07, 6.45) is 2.60. The number of carbonyl (C=O) groups is 2. The normalized spacial score (nSPS) is 19.3. The fraction of sp³-hybridized carbons (Fsp3) is 0.300. The van der Waals surface area contributed by atoms with Crippen LogP contribution in [0.2, 0.25) is 0 Å². The molecule has 1 aliphatic rings. The van der Waals surface area contributed by atoms with Gasteiger partial charge in [-0.25, -0.2) is 0 Å². The average Bonchev–Trinajstić information content (AvgIpc) is 2.86. The van der Waals surface area contributed by atoms with Crippen molar-refractivity contribution in [2.45, 2.75) is 38.0 Å². The summed E-state index contributed by atoms with van der Waals surface area (Å²) in [6.45, 7) is 2.06. The first-order chi connectivity index (χ1) is 11.2. The van der Waals surface area contributed by atoms with Gasteiger partial charge in [0.05, 0.1) is 0 Å². The van der Waals surface area contributed by atoms with Gasteiger partial charge in [0.15, 0.2) is 5.78 Å². The maximum Gasteiger partial charge on any atom is 0.243 e. The number of hydrogen-bond donors (Lipinski definition) is 1. The molecule has 0 bridgehead atoms. The van der Waals surface area contributed by atoms with E-state index in [2.05, 4.69) is 12.2 Å². The number of para-hydroxylation sites is 1. The molecule has 0 radical (unpaired) electrons. The van der Waals surface area contributed by atoms with Crippen molar-refractivity contribution in [1.29, 1.82) is 0 Å². The van der Waals surface area contributed by atoms with Gasteiger partial charge in [-0.1, -0.05) is 61.9 Å². The largest absolute Gasteiger partial charge is 0.325 e. The summed E-state index contributed by atoms with van der Waals surface area (Å²) >= 11 is 0. The molecule has 2 aromatic carbocycles. The molecule has 23 heavy (non-hydrogen) atoms. The standard InChI is InChI=1S/C20H21NO2/c1-2-3-13-18(22)20(14-15-9-5-4-6-10-15)16-11-7-8-12-17(16)21-19(20)23/h4-12H,2-3,13-14H2,1H3,(H,21,23). The zero-order valence-corrected chi connectivity index (χ0v) is 13.3. The highest BCUT2D eigenvalue weighted by molar-refractivity contribution is 6.21. The van der Waals surface area contributed by atoms with Crippen molar-refractivity contribution >= 4 is 17.4 Å². The summed E-state index contributed by atoms with van der Waals surface area (Å²) in [7, 11) is 0. The summed E-state index contributed by atoms with van der Waals surface area (Å²) in [5.41, 5.74) is 1.49. The molecule has 3 heteroatoms. The van der Waals surface area contributed by atoms with Crippen molar-refractivity contribution in [1.82, 2.24) is 0 Å². The lowest BCUT2D eigenvalue weighted by Crippen LogP contribution is -2.44. The third-order valence-electron chi connectivity index (χ3n) is 4.57. The van der Waals surface area contributed by atoms with Crippen molar-refractivity contribution in [2.24, 2.45) is 0 Å². The molecule has 3 nitrogen and oxygen atoms in total. The Morgan fingerprint density at radius 2 is 1.74 bits per heavy atom. The van der Waals surface area contributed by atoms with E-state index in [4.69, 9.17) is 0 Å². The number of ketones is 1. The molecule has 0 saturated heterocycles. The molecule has 118 valence electrons. The van der Waals surface area contributed by atoms with Gasteiger partial charge in [-0.2, -0.15) is 0 Å². The zero-order valence-electron chi connectivity index (χ0n) is 13.3. The highest BCUT2D eigenvalue weighted by Gasteiger charge is 2.51. The summed E-state index contributed by atoms with van der Waals surface area (Å²) in [5.74, 6) is -0.172. The van der Waals surface area contributed by atoms with E-state index < -0.39 is 5.41 Å². The fourth-order valence-electron chi connectivity index (χ4n) is 3.32. The van der Waals surface area contributed by atoms with Crippen molar-refractivity contribution in [3.8, 4) is 0 Å². The Morgan fingerprint density at radius 1 is 1.04 bits per heavy atom. The monoisotopic (exact) mass is 307 g/mol. The molecule has 1 N–H and O–H groups in total. The molecule has 1 aliphatic heterocycles. The summed E-state index contributed by atoms with van der Waals surface area (Å²) < 4.78 is 0. The number of unbranched alkanes of at least 4 members (excludes halogenated alkanes) is 1. The van der Waals surface area contributed by atoms with Gasteiger partial charge < -0.3 is 5.32 Å². The molecule has 1 unspecified atom stereocenters. The molecule has 0 saturated carbocycles. The number of fused-ring (bicyclic) bond motifs is 1. The van der Waals surface area contributed by atoms with E-state index in [-0.39, 0.29) is 11.7 Å². The first-order valence-corrected chi connectivity index (χ1v) is 8.16. The zero-order chi connectivity index (χ0) is 16.3. The van der Waals surface area contributed by atoms with Gasteiger partial charge in [0, 0.05) is 12.1 Å². The maximum atomic E-state index is 13.0. The van der Waals surface area contributed by atoms with Gasteiger partial charge in [0.1, 0.15) is 5.41 Å². The lowest BCUT2D eigenvalue weighted by molar-refractivity contribution is -0.133. The van der Waals surface area contributed by atoms with Gasteiger partial charge in [-0.05, 0) is 30.0 Å². The molecule has 0 aromatic heterocycles. The predicted molar refractivity (Wildman–Crippen MR) is 91.4 cm³/mol. The van der Waals surface area contributed by atoms with Crippen molar-refractivity contribution in [2.75, 3.05) is 5.32 Å². The highest BCUT2D eigenvalue weighted by Crippen LogP contribution is 2.42. The Balaban J connectivity index is 2.07.